The van der Waals surface area contributed by atoms with E-state index < -0.39 is 33.7 Å². The molecule has 0 saturated carbocycles. The van der Waals surface area contributed by atoms with Crippen LogP contribution < -0.4 is 48.0 Å². The Labute approximate surface area is 337 Å². The molecule has 1 aliphatic carbocycles. The second-order valence-corrected chi connectivity index (χ2v) is 16.8. The van der Waals surface area contributed by atoms with Crippen molar-refractivity contribution in [1.29, 1.82) is 0 Å². The van der Waals surface area contributed by atoms with E-state index in [0.717, 1.165) is 44.0 Å². The second-order valence-electron chi connectivity index (χ2n) is 16.8. The van der Waals surface area contributed by atoms with E-state index in [1.54, 1.807) is 0 Å². The summed E-state index contributed by atoms with van der Waals surface area (Å²) < 4.78 is 0. The maximum absolute atomic E-state index is 13.8. The number of Topliss-reactive ketones (excluding diaryl/α,β-unsaturated/α-hetero) is 1. The summed E-state index contributed by atoms with van der Waals surface area (Å²) in [6.07, 6.45) is 0. The maximum atomic E-state index is 13.8. The summed E-state index contributed by atoms with van der Waals surface area (Å²) in [5, 5.41) is 53.4. The minimum atomic E-state index is -1.01. The monoisotopic (exact) mass is 786 g/mol. The number of nitrogens with one attached hydrogen (secondary N) is 5. The Hall–Kier alpha value is -7.34. The van der Waals surface area contributed by atoms with Crippen molar-refractivity contribution in [2.45, 2.75) is 58.5 Å². The summed E-state index contributed by atoms with van der Waals surface area (Å²) in [4.78, 5) is 38.6. The number of hydrogen-bond acceptors (Lipinski definition) is 12. The molecule has 0 atom stereocenters. The molecule has 0 unspecified atom stereocenters. The van der Waals surface area contributed by atoms with Crippen LogP contribution in [0.2, 0.25) is 0 Å². The fourth-order valence-electron chi connectivity index (χ4n) is 8.44. The minimum Gasteiger partial charge on any atom is -0.506 e. The van der Waals surface area contributed by atoms with Gasteiger partial charge in [-0.1, -0.05) is 72.8 Å². The summed E-state index contributed by atoms with van der Waals surface area (Å²) in [6.45, 7) is 12.4. The third-order valence-corrected chi connectivity index (χ3v) is 10.9. The molecule has 12 heteroatoms. The van der Waals surface area contributed by atoms with Crippen LogP contribution in [0.4, 0.5) is 28.4 Å². The van der Waals surface area contributed by atoms with Crippen LogP contribution in [-0.4, -0.2) is 38.1 Å². The van der Waals surface area contributed by atoms with Crippen LogP contribution in [-0.2, 0) is 4.79 Å². The lowest BCUT2D eigenvalue weighted by molar-refractivity contribution is -0.109. The maximum Gasteiger partial charge on any atom is 0.275 e. The van der Waals surface area contributed by atoms with Gasteiger partial charge in [-0.25, -0.2) is 0 Å². The van der Waals surface area contributed by atoms with Gasteiger partial charge in [-0.2, -0.15) is 0 Å². The summed E-state index contributed by atoms with van der Waals surface area (Å²) in [6, 6.07) is 32.7. The Morgan fingerprint density at radius 1 is 0.492 bits per heavy atom. The molecule has 0 aromatic heterocycles. The van der Waals surface area contributed by atoms with Crippen LogP contribution in [0.15, 0.2) is 117 Å². The van der Waals surface area contributed by atoms with Crippen LogP contribution in [0.1, 0.15) is 47.1 Å². The number of aliphatic hydroxyl groups is 1. The SMILES string of the molecule is CC1(C)N=c2/c(=C3\C(=O)C(c4ccc5cccc6c5c4NC(C)(C)N6)=C3O)ccc3cccc(c23)N1.CC1(C)Nc2cccc3cccc(c23)N1.O=c1c(O)c(O)c1=O. The van der Waals surface area contributed by atoms with Gasteiger partial charge in [-0.05, 0) is 82.0 Å². The van der Waals surface area contributed by atoms with Crippen molar-refractivity contribution in [3.63, 3.8) is 0 Å². The van der Waals surface area contributed by atoms with Gasteiger partial charge in [-0.3, -0.25) is 19.4 Å². The first-order chi connectivity index (χ1) is 27.9. The van der Waals surface area contributed by atoms with Gasteiger partial charge >= 0.3 is 0 Å². The minimum absolute atomic E-state index is 0.0193. The Kier molecular flexibility index (Phi) is 8.10. The molecule has 0 fully saturated rings. The van der Waals surface area contributed by atoms with Crippen LogP contribution >= 0.6 is 0 Å². The molecule has 0 radical (unpaired) electrons. The van der Waals surface area contributed by atoms with Crippen LogP contribution in [0, 0.1) is 0 Å². The van der Waals surface area contributed by atoms with Crippen LogP contribution in [0.3, 0.4) is 0 Å². The number of aromatic hydroxyl groups is 2. The molecular weight excluding hydrogens is 745 g/mol. The van der Waals surface area contributed by atoms with Crippen molar-refractivity contribution >= 4 is 77.7 Å². The lowest BCUT2D eigenvalue weighted by Gasteiger charge is -2.37. The Morgan fingerprint density at radius 3 is 1.47 bits per heavy atom. The van der Waals surface area contributed by atoms with Gasteiger partial charge < -0.3 is 41.9 Å². The molecule has 8 N–H and O–H groups in total. The average molecular weight is 787 g/mol. The van der Waals surface area contributed by atoms with E-state index in [2.05, 4.69) is 96.7 Å². The van der Waals surface area contributed by atoms with Gasteiger partial charge in [0.1, 0.15) is 22.7 Å². The fraction of sp³-hybridized carbons (Fsp3) is 0.191. The van der Waals surface area contributed by atoms with E-state index in [9.17, 15) is 19.5 Å². The molecule has 296 valence electrons. The first kappa shape index (κ1) is 37.2. The van der Waals surface area contributed by atoms with Gasteiger partial charge in [0.2, 0.25) is 17.3 Å². The molecule has 11 rings (SSSR count). The molecule has 7 aromatic rings. The number of anilines is 5. The van der Waals surface area contributed by atoms with Crippen LogP contribution in [0.5, 0.6) is 11.5 Å². The Balaban J connectivity index is 0.000000159. The standard InChI is InChI=1S/C30H26N4O2.C13H14N2.C4H2O4/c1-29(2)31-19-9-5-7-15-11-13-17(25(33-29)21(15)19)23-27(35)24(28(23)36)18-14-12-16-8-6-10-20-22(16)26(18)34-30(3,4)32-20;1-13(2)14-10-7-3-5-9-6-4-8-11(15-13)12(9)10;5-1-2(6)4(8)3(1)7/h5-14,31-33,35H,1-4H3;3-8,14-15H,1-2H3;5-6H/b24-18-;;. The first-order valence-corrected chi connectivity index (χ1v) is 19.3. The third-order valence-electron chi connectivity index (χ3n) is 10.9. The van der Waals surface area contributed by atoms with Gasteiger partial charge in [0.05, 0.1) is 22.2 Å². The van der Waals surface area contributed by atoms with Gasteiger partial charge in [0.25, 0.3) is 10.9 Å². The molecule has 12 nitrogen and oxygen atoms in total. The topological polar surface area (TPSA) is 184 Å². The zero-order valence-electron chi connectivity index (χ0n) is 33.3. The molecule has 0 saturated heterocycles. The van der Waals surface area contributed by atoms with E-state index in [4.69, 9.17) is 15.2 Å². The van der Waals surface area contributed by atoms with Gasteiger partial charge in [0.15, 0.2) is 0 Å². The highest BCUT2D eigenvalue weighted by molar-refractivity contribution is 6.52. The number of carbonyl (C=O) groups is 1. The molecule has 3 aliphatic heterocycles. The van der Waals surface area contributed by atoms with Crippen molar-refractivity contribution in [3.05, 3.63) is 139 Å². The van der Waals surface area contributed by atoms with E-state index in [0.29, 0.717) is 21.9 Å². The molecule has 0 bridgehead atoms. The number of rotatable bonds is 1. The number of nitrogens with zero attached hydrogens (tertiary/aromatic N) is 1. The summed E-state index contributed by atoms with van der Waals surface area (Å²) in [5.41, 5.74) is 3.60. The quantitative estimate of drug-likeness (QED) is 0.0791. The molecule has 3 heterocycles. The lowest BCUT2D eigenvalue weighted by atomic mass is 9.80. The van der Waals surface area contributed by atoms with Crippen molar-refractivity contribution in [2.24, 2.45) is 4.99 Å². The van der Waals surface area contributed by atoms with E-state index >= 15 is 0 Å². The van der Waals surface area contributed by atoms with Crippen molar-refractivity contribution < 1.29 is 20.1 Å². The average Bonchev–Trinajstić information content (AvgIpc) is 3.18. The summed E-state index contributed by atoms with van der Waals surface area (Å²) >= 11 is 0. The predicted octanol–water partition coefficient (Wildman–Crippen LogP) is 7.16. The van der Waals surface area contributed by atoms with Gasteiger partial charge in [0, 0.05) is 49.7 Å². The van der Waals surface area contributed by atoms with Crippen molar-refractivity contribution in [1.82, 2.24) is 0 Å². The lowest BCUT2D eigenvalue weighted by Crippen LogP contribution is -2.43. The number of ketones is 1. The first-order valence-electron chi connectivity index (χ1n) is 19.3. The van der Waals surface area contributed by atoms with E-state index in [1.807, 2.05) is 68.4 Å². The normalized spacial score (nSPS) is 18.0. The number of benzene rings is 6. The molecule has 0 amide bonds. The second kappa shape index (κ2) is 12.8. The highest BCUT2D eigenvalue weighted by Gasteiger charge is 2.39. The van der Waals surface area contributed by atoms with E-state index in [-0.39, 0.29) is 17.2 Å². The smallest absolute Gasteiger partial charge is 0.275 e. The zero-order valence-corrected chi connectivity index (χ0v) is 33.3. The molecule has 7 aromatic carbocycles. The highest BCUT2D eigenvalue weighted by atomic mass is 16.3. The molecule has 0 spiro atoms. The van der Waals surface area contributed by atoms with Gasteiger partial charge in [-0.15, -0.1) is 0 Å². The number of aliphatic hydroxyl groups excluding tert-OH is 1. The molecular formula is C47H42N6O6. The Morgan fingerprint density at radius 2 is 0.949 bits per heavy atom. The van der Waals surface area contributed by atoms with Crippen LogP contribution in [0.25, 0.3) is 43.5 Å². The molecule has 4 aliphatic rings. The fourth-order valence-corrected chi connectivity index (χ4v) is 8.44. The summed E-state index contributed by atoms with van der Waals surface area (Å²) in [5.74, 6) is -1.80. The zero-order chi connectivity index (χ0) is 41.8. The summed E-state index contributed by atoms with van der Waals surface area (Å²) in [7, 11) is 0. The Bertz CT molecular complexity index is 3160. The number of hydrogen-bond donors (Lipinski definition) is 8. The van der Waals surface area contributed by atoms with E-state index in [1.165, 1.54) is 22.1 Å². The largest absolute Gasteiger partial charge is 0.506 e. The number of carbonyl (C=O) groups excluding carboxylic acids is 1. The van der Waals surface area contributed by atoms with Crippen molar-refractivity contribution in [2.75, 3.05) is 26.6 Å². The third kappa shape index (κ3) is 6.06. The predicted molar refractivity (Wildman–Crippen MR) is 236 cm³/mol. The number of allylic oxidation sites excluding steroid dienone is 2. The highest BCUT2D eigenvalue weighted by Crippen LogP contribution is 2.46. The van der Waals surface area contributed by atoms with Crippen molar-refractivity contribution in [3.8, 4) is 11.5 Å². The molecule has 59 heavy (non-hydrogen) atoms.